The number of aromatic nitrogens is 3. The summed E-state index contributed by atoms with van der Waals surface area (Å²) in [6.45, 7) is 6.03. The second-order valence-electron chi connectivity index (χ2n) is 8.33. The molecule has 1 aliphatic heterocycles. The second kappa shape index (κ2) is 8.89. The summed E-state index contributed by atoms with van der Waals surface area (Å²) in [5.74, 6) is -0.401. The van der Waals surface area contributed by atoms with E-state index in [9.17, 15) is 9.18 Å². The van der Waals surface area contributed by atoms with Gasteiger partial charge >= 0.3 is 0 Å². The van der Waals surface area contributed by atoms with E-state index < -0.39 is 0 Å². The van der Waals surface area contributed by atoms with Crippen LogP contribution >= 0.6 is 23.2 Å². The number of nitrogens with zero attached hydrogens (tertiary/aromatic N) is 5. The average molecular weight is 498 g/mol. The van der Waals surface area contributed by atoms with E-state index in [-0.39, 0.29) is 11.7 Å². The molecule has 0 atom stereocenters. The minimum Gasteiger partial charge on any atom is -0.368 e. The van der Waals surface area contributed by atoms with Gasteiger partial charge in [0.1, 0.15) is 5.82 Å². The highest BCUT2D eigenvalue weighted by Gasteiger charge is 2.29. The summed E-state index contributed by atoms with van der Waals surface area (Å²) in [5.41, 5.74) is 4.61. The topological polar surface area (TPSA) is 53.7 Å². The van der Waals surface area contributed by atoms with Crippen molar-refractivity contribution >= 4 is 40.4 Å². The fourth-order valence-electron chi connectivity index (χ4n) is 4.40. The van der Waals surface area contributed by atoms with Gasteiger partial charge < -0.3 is 9.80 Å². The number of hydrogen-bond acceptors (Lipinski definition) is 4. The molecule has 1 fully saturated rings. The molecule has 1 amide bonds. The van der Waals surface area contributed by atoms with Crippen LogP contribution in [0, 0.1) is 19.7 Å². The van der Waals surface area contributed by atoms with Crippen LogP contribution in [0.15, 0.2) is 48.5 Å². The number of piperazine rings is 1. The van der Waals surface area contributed by atoms with Crippen molar-refractivity contribution in [2.45, 2.75) is 13.8 Å². The summed E-state index contributed by atoms with van der Waals surface area (Å²) in [6.07, 6.45) is 0. The monoisotopic (exact) mass is 497 g/mol. The van der Waals surface area contributed by atoms with E-state index in [1.165, 1.54) is 12.1 Å². The standard InChI is InChI=1S/C25H22Cl2FN5O/c1-15-14-21-29-16(2)22(24(33(21)30-15)19-4-3-5-20(26)23(19)27)25(34)32-12-10-31(11-13-32)18-8-6-17(28)7-9-18/h3-9,14H,10-13H2,1-2H3. The molecule has 0 N–H and O–H groups in total. The van der Waals surface area contributed by atoms with Crippen molar-refractivity contribution in [1.29, 1.82) is 0 Å². The van der Waals surface area contributed by atoms with E-state index in [0.29, 0.717) is 64.4 Å². The lowest BCUT2D eigenvalue weighted by Gasteiger charge is -2.36. The third-order valence-corrected chi connectivity index (χ3v) is 6.90. The number of fused-ring (bicyclic) bond motifs is 1. The Balaban J connectivity index is 1.53. The van der Waals surface area contributed by atoms with E-state index in [1.807, 2.05) is 30.9 Å². The number of anilines is 1. The van der Waals surface area contributed by atoms with Gasteiger partial charge in [-0.1, -0.05) is 35.3 Å². The molecule has 34 heavy (non-hydrogen) atoms. The third-order valence-electron chi connectivity index (χ3n) is 6.08. The lowest BCUT2D eigenvalue weighted by Crippen LogP contribution is -2.49. The molecule has 0 unspecified atom stereocenters. The molecule has 1 saturated heterocycles. The van der Waals surface area contributed by atoms with Gasteiger partial charge in [0.05, 0.1) is 32.7 Å². The maximum Gasteiger partial charge on any atom is 0.258 e. The highest BCUT2D eigenvalue weighted by atomic mass is 35.5. The van der Waals surface area contributed by atoms with E-state index >= 15 is 0 Å². The van der Waals surface area contributed by atoms with Crippen LogP contribution in [0.1, 0.15) is 21.7 Å². The lowest BCUT2D eigenvalue weighted by atomic mass is 10.0. The first-order valence-corrected chi connectivity index (χ1v) is 11.7. The molecule has 4 aromatic rings. The fourth-order valence-corrected chi connectivity index (χ4v) is 4.79. The van der Waals surface area contributed by atoms with Crippen LogP contribution in [0.3, 0.4) is 0 Å². The Morgan fingerprint density at radius 1 is 1.00 bits per heavy atom. The SMILES string of the molecule is Cc1cc2nc(C)c(C(=O)N3CCN(c4ccc(F)cc4)CC3)c(-c3cccc(Cl)c3Cl)n2n1. The Hall–Kier alpha value is -3.16. The van der Waals surface area contributed by atoms with E-state index in [1.54, 1.807) is 28.8 Å². The minimum atomic E-state index is -0.267. The molecule has 0 saturated carbocycles. The van der Waals surface area contributed by atoms with Crippen molar-refractivity contribution in [3.63, 3.8) is 0 Å². The Morgan fingerprint density at radius 2 is 1.71 bits per heavy atom. The zero-order valence-corrected chi connectivity index (χ0v) is 20.2. The number of halogens is 3. The van der Waals surface area contributed by atoms with E-state index in [2.05, 4.69) is 15.0 Å². The first kappa shape index (κ1) is 22.6. The number of amides is 1. The zero-order valence-electron chi connectivity index (χ0n) is 18.7. The maximum absolute atomic E-state index is 13.8. The summed E-state index contributed by atoms with van der Waals surface area (Å²) in [7, 11) is 0. The van der Waals surface area contributed by atoms with Crippen LogP contribution in [0.2, 0.25) is 10.0 Å². The third kappa shape index (κ3) is 3.99. The van der Waals surface area contributed by atoms with E-state index in [4.69, 9.17) is 23.2 Å². The van der Waals surface area contributed by atoms with Gasteiger partial charge in [0.2, 0.25) is 0 Å². The smallest absolute Gasteiger partial charge is 0.258 e. The molecule has 1 aliphatic rings. The molecular formula is C25H22Cl2FN5O. The Labute approximate surface area is 206 Å². The molecule has 0 spiro atoms. The summed E-state index contributed by atoms with van der Waals surface area (Å²) >= 11 is 12.9. The average Bonchev–Trinajstić information content (AvgIpc) is 3.20. The fraction of sp³-hybridized carbons (Fsp3) is 0.240. The molecule has 6 nitrogen and oxygen atoms in total. The van der Waals surface area contributed by atoms with Crippen molar-refractivity contribution in [2.75, 3.05) is 31.1 Å². The van der Waals surface area contributed by atoms with Gasteiger partial charge in [-0.25, -0.2) is 13.9 Å². The highest BCUT2D eigenvalue weighted by molar-refractivity contribution is 6.43. The van der Waals surface area contributed by atoms with E-state index in [0.717, 1.165) is 11.4 Å². The molecule has 174 valence electrons. The number of hydrogen-bond donors (Lipinski definition) is 0. The molecule has 5 rings (SSSR count). The molecule has 0 radical (unpaired) electrons. The predicted molar refractivity (Wildman–Crippen MR) is 132 cm³/mol. The molecule has 9 heteroatoms. The number of carbonyl (C=O) groups is 1. The van der Waals surface area contributed by atoms with Crippen LogP contribution in [-0.4, -0.2) is 51.6 Å². The summed E-state index contributed by atoms with van der Waals surface area (Å²) in [5, 5.41) is 5.35. The van der Waals surface area contributed by atoms with Gasteiger partial charge in [0.15, 0.2) is 5.65 Å². The number of benzene rings is 2. The first-order valence-electron chi connectivity index (χ1n) is 10.9. The largest absolute Gasteiger partial charge is 0.368 e. The van der Waals surface area contributed by atoms with Crippen LogP contribution in [0.5, 0.6) is 0 Å². The van der Waals surface area contributed by atoms with Crippen molar-refractivity contribution in [3.05, 3.63) is 81.3 Å². The molecule has 0 bridgehead atoms. The molecule has 2 aromatic carbocycles. The number of rotatable bonds is 3. The van der Waals surface area contributed by atoms with Crippen molar-refractivity contribution in [1.82, 2.24) is 19.5 Å². The highest BCUT2D eigenvalue weighted by Crippen LogP contribution is 2.37. The summed E-state index contributed by atoms with van der Waals surface area (Å²) < 4.78 is 15.0. The maximum atomic E-state index is 13.8. The number of aryl methyl sites for hydroxylation is 2. The van der Waals surface area contributed by atoms with Crippen molar-refractivity contribution in [2.24, 2.45) is 0 Å². The second-order valence-corrected chi connectivity index (χ2v) is 9.12. The van der Waals surface area contributed by atoms with Gasteiger partial charge in [-0.3, -0.25) is 4.79 Å². The normalized spacial score (nSPS) is 14.1. The van der Waals surface area contributed by atoms with Gasteiger partial charge in [-0.15, -0.1) is 0 Å². The minimum absolute atomic E-state index is 0.134. The van der Waals surface area contributed by atoms with Gasteiger partial charge in [0.25, 0.3) is 5.91 Å². The van der Waals surface area contributed by atoms with Gasteiger partial charge in [0, 0.05) is 43.5 Å². The van der Waals surface area contributed by atoms with Crippen LogP contribution < -0.4 is 4.90 Å². The molecular weight excluding hydrogens is 476 g/mol. The quantitative estimate of drug-likeness (QED) is 0.379. The van der Waals surface area contributed by atoms with Crippen molar-refractivity contribution < 1.29 is 9.18 Å². The van der Waals surface area contributed by atoms with Crippen LogP contribution in [0.4, 0.5) is 10.1 Å². The lowest BCUT2D eigenvalue weighted by molar-refractivity contribution is 0.0746. The zero-order chi connectivity index (χ0) is 24.0. The molecule has 0 aliphatic carbocycles. The predicted octanol–water partition coefficient (Wildman–Crippen LogP) is 5.42. The van der Waals surface area contributed by atoms with Gasteiger partial charge in [-0.05, 0) is 44.2 Å². The van der Waals surface area contributed by atoms with Gasteiger partial charge in [-0.2, -0.15) is 5.10 Å². The summed E-state index contributed by atoms with van der Waals surface area (Å²) in [6, 6.07) is 13.6. The Bertz CT molecular complexity index is 1390. The molecule has 3 heterocycles. The Morgan fingerprint density at radius 3 is 2.41 bits per heavy atom. The first-order chi connectivity index (χ1) is 16.3. The summed E-state index contributed by atoms with van der Waals surface area (Å²) in [4.78, 5) is 22.5. The number of carbonyl (C=O) groups excluding carboxylic acids is 1. The van der Waals surface area contributed by atoms with Crippen LogP contribution in [-0.2, 0) is 0 Å². The Kier molecular flexibility index (Phi) is 5.91. The molecule has 2 aromatic heterocycles. The van der Waals surface area contributed by atoms with Crippen LogP contribution in [0.25, 0.3) is 16.9 Å². The van der Waals surface area contributed by atoms with Crippen molar-refractivity contribution in [3.8, 4) is 11.3 Å².